The number of nitrogens with zero attached hydrogens (tertiary/aromatic N) is 1. The van der Waals surface area contributed by atoms with Gasteiger partial charge in [-0.25, -0.2) is 13.2 Å². The zero-order chi connectivity index (χ0) is 18.8. The van der Waals surface area contributed by atoms with E-state index in [2.05, 4.69) is 25.6 Å². The third-order valence-corrected chi connectivity index (χ3v) is 4.36. The number of anilines is 2. The molecule has 4 N–H and O–H groups in total. The van der Waals surface area contributed by atoms with Crippen molar-refractivity contribution in [2.24, 2.45) is 0 Å². The fourth-order valence-corrected chi connectivity index (χ4v) is 3.21. The van der Waals surface area contributed by atoms with Crippen LogP contribution in [0.3, 0.4) is 0 Å². The van der Waals surface area contributed by atoms with Gasteiger partial charge in [0.2, 0.25) is 10.0 Å². The molecule has 2 rings (SSSR count). The molecule has 0 saturated carbocycles. The Kier molecular flexibility index (Phi) is 5.36. The second-order valence-electron chi connectivity index (χ2n) is 6.07. The van der Waals surface area contributed by atoms with E-state index in [-0.39, 0.29) is 12.1 Å². The summed E-state index contributed by atoms with van der Waals surface area (Å²) in [6, 6.07) is 4.34. The highest BCUT2D eigenvalue weighted by Crippen LogP contribution is 2.22. The number of nitrogens with one attached hydrogen (secondary N) is 4. The standard InChI is InChI=1S/C16H23N5O3S/c1-9-6-7-13(21-25(5,23)24)8-14(9)18-16(22)17-10(2)15-11(3)19-20-12(15)4/h6-8,10,21H,1-5H3,(H,19,20)(H2,17,18,22)/t10-/m0/s1. The smallest absolute Gasteiger partial charge is 0.319 e. The van der Waals surface area contributed by atoms with Crippen LogP contribution in [0.25, 0.3) is 0 Å². The molecular formula is C16H23N5O3S. The number of aromatic nitrogens is 2. The van der Waals surface area contributed by atoms with Gasteiger partial charge in [0.05, 0.1) is 23.7 Å². The van der Waals surface area contributed by atoms with E-state index in [9.17, 15) is 13.2 Å². The van der Waals surface area contributed by atoms with Gasteiger partial charge in [-0.3, -0.25) is 9.82 Å². The quantitative estimate of drug-likeness (QED) is 0.651. The number of sulfonamides is 1. The van der Waals surface area contributed by atoms with Gasteiger partial charge in [0.25, 0.3) is 0 Å². The third kappa shape index (κ3) is 4.96. The maximum atomic E-state index is 12.3. The highest BCUT2D eigenvalue weighted by Gasteiger charge is 2.17. The van der Waals surface area contributed by atoms with Crippen molar-refractivity contribution in [1.82, 2.24) is 15.5 Å². The first kappa shape index (κ1) is 18.8. The first-order chi connectivity index (χ1) is 11.6. The van der Waals surface area contributed by atoms with E-state index in [1.807, 2.05) is 27.7 Å². The lowest BCUT2D eigenvalue weighted by Gasteiger charge is -2.17. The molecule has 0 unspecified atom stereocenters. The van der Waals surface area contributed by atoms with Crippen LogP contribution in [0, 0.1) is 20.8 Å². The third-order valence-electron chi connectivity index (χ3n) is 3.75. The maximum absolute atomic E-state index is 12.3. The fourth-order valence-electron chi connectivity index (χ4n) is 2.66. The van der Waals surface area contributed by atoms with Gasteiger partial charge >= 0.3 is 6.03 Å². The topological polar surface area (TPSA) is 116 Å². The Morgan fingerprint density at radius 2 is 1.92 bits per heavy atom. The molecule has 0 saturated heterocycles. The van der Waals surface area contributed by atoms with Crippen molar-refractivity contribution in [2.75, 3.05) is 16.3 Å². The predicted molar refractivity (Wildman–Crippen MR) is 98.3 cm³/mol. The van der Waals surface area contributed by atoms with Gasteiger partial charge in [-0.05, 0) is 45.4 Å². The molecule has 1 aromatic carbocycles. The number of aromatic amines is 1. The lowest BCUT2D eigenvalue weighted by Crippen LogP contribution is -2.31. The number of amides is 2. The maximum Gasteiger partial charge on any atom is 0.319 e. The molecule has 0 aliphatic rings. The number of urea groups is 1. The molecule has 0 radical (unpaired) electrons. The van der Waals surface area contributed by atoms with Crippen LogP contribution in [0.1, 0.15) is 35.5 Å². The van der Waals surface area contributed by atoms with Crippen molar-refractivity contribution in [1.29, 1.82) is 0 Å². The van der Waals surface area contributed by atoms with Gasteiger partial charge in [0.15, 0.2) is 0 Å². The summed E-state index contributed by atoms with van der Waals surface area (Å²) >= 11 is 0. The van der Waals surface area contributed by atoms with E-state index in [0.717, 1.165) is 28.8 Å². The lowest BCUT2D eigenvalue weighted by molar-refractivity contribution is 0.249. The number of benzene rings is 1. The van der Waals surface area contributed by atoms with Crippen molar-refractivity contribution in [3.05, 3.63) is 40.7 Å². The van der Waals surface area contributed by atoms with Crippen LogP contribution >= 0.6 is 0 Å². The normalized spacial score (nSPS) is 12.5. The minimum Gasteiger partial charge on any atom is -0.331 e. The molecule has 2 aromatic rings. The molecule has 1 aromatic heterocycles. The number of rotatable bonds is 5. The molecule has 9 heteroatoms. The molecule has 0 aliphatic carbocycles. The lowest BCUT2D eigenvalue weighted by atomic mass is 10.1. The molecule has 0 aliphatic heterocycles. The Labute approximate surface area is 147 Å². The highest BCUT2D eigenvalue weighted by molar-refractivity contribution is 7.92. The zero-order valence-electron chi connectivity index (χ0n) is 14.9. The monoisotopic (exact) mass is 365 g/mol. The van der Waals surface area contributed by atoms with Gasteiger partial charge in [0, 0.05) is 16.9 Å². The van der Waals surface area contributed by atoms with Crippen LogP contribution in [-0.2, 0) is 10.0 Å². The van der Waals surface area contributed by atoms with Crippen molar-refractivity contribution in [3.8, 4) is 0 Å². The molecule has 1 heterocycles. The molecule has 2 amide bonds. The molecular weight excluding hydrogens is 342 g/mol. The van der Waals surface area contributed by atoms with Crippen molar-refractivity contribution >= 4 is 27.4 Å². The Morgan fingerprint density at radius 3 is 2.48 bits per heavy atom. The summed E-state index contributed by atoms with van der Waals surface area (Å²) in [5.74, 6) is 0. The van der Waals surface area contributed by atoms with E-state index in [1.165, 1.54) is 0 Å². The first-order valence-corrected chi connectivity index (χ1v) is 9.63. The van der Waals surface area contributed by atoms with E-state index < -0.39 is 10.0 Å². The Balaban J connectivity index is 2.11. The highest BCUT2D eigenvalue weighted by atomic mass is 32.2. The molecule has 0 fully saturated rings. The Bertz CT molecular complexity index is 870. The van der Waals surface area contributed by atoms with Crippen molar-refractivity contribution in [3.63, 3.8) is 0 Å². The molecule has 0 spiro atoms. The van der Waals surface area contributed by atoms with Crippen LogP contribution in [-0.4, -0.2) is 30.9 Å². The van der Waals surface area contributed by atoms with Crippen LogP contribution in [0.15, 0.2) is 18.2 Å². The summed E-state index contributed by atoms with van der Waals surface area (Å²) in [4.78, 5) is 12.3. The molecule has 1 atom stereocenters. The van der Waals surface area contributed by atoms with E-state index in [1.54, 1.807) is 18.2 Å². The molecule has 136 valence electrons. The van der Waals surface area contributed by atoms with Crippen LogP contribution in [0.4, 0.5) is 16.2 Å². The summed E-state index contributed by atoms with van der Waals surface area (Å²) in [5.41, 5.74) is 4.41. The zero-order valence-corrected chi connectivity index (χ0v) is 15.7. The van der Waals surface area contributed by atoms with Crippen molar-refractivity contribution < 1.29 is 13.2 Å². The number of carbonyl (C=O) groups is 1. The summed E-state index contributed by atoms with van der Waals surface area (Å²) in [5, 5.41) is 12.6. The average Bonchev–Trinajstić information content (AvgIpc) is 2.80. The van der Waals surface area contributed by atoms with Crippen molar-refractivity contribution in [2.45, 2.75) is 33.7 Å². The van der Waals surface area contributed by atoms with Crippen LogP contribution < -0.4 is 15.4 Å². The fraction of sp³-hybridized carbons (Fsp3) is 0.375. The van der Waals surface area contributed by atoms with Crippen LogP contribution in [0.5, 0.6) is 0 Å². The summed E-state index contributed by atoms with van der Waals surface area (Å²) in [7, 11) is -3.38. The number of hydrogen-bond acceptors (Lipinski definition) is 4. The van der Waals surface area contributed by atoms with Gasteiger partial charge in [-0.1, -0.05) is 6.07 Å². The number of H-pyrrole nitrogens is 1. The minimum absolute atomic E-state index is 0.226. The average molecular weight is 365 g/mol. The van der Waals surface area contributed by atoms with Gasteiger partial charge in [0.1, 0.15) is 0 Å². The van der Waals surface area contributed by atoms with E-state index in [4.69, 9.17) is 0 Å². The summed E-state index contributed by atoms with van der Waals surface area (Å²) in [6.07, 6.45) is 1.07. The number of aryl methyl sites for hydroxylation is 3. The molecule has 0 bridgehead atoms. The Morgan fingerprint density at radius 1 is 1.24 bits per heavy atom. The number of carbonyl (C=O) groups excluding carboxylic acids is 1. The number of hydrogen-bond donors (Lipinski definition) is 4. The SMILES string of the molecule is Cc1ccc(NS(C)(=O)=O)cc1NC(=O)N[C@@H](C)c1c(C)n[nH]c1C. The van der Waals surface area contributed by atoms with Gasteiger partial charge < -0.3 is 10.6 Å². The van der Waals surface area contributed by atoms with Crippen LogP contribution in [0.2, 0.25) is 0 Å². The largest absolute Gasteiger partial charge is 0.331 e. The van der Waals surface area contributed by atoms with E-state index >= 15 is 0 Å². The summed E-state index contributed by atoms with van der Waals surface area (Å²) < 4.78 is 25.1. The van der Waals surface area contributed by atoms with E-state index in [0.29, 0.717) is 11.4 Å². The molecule has 8 nitrogen and oxygen atoms in total. The van der Waals surface area contributed by atoms with Gasteiger partial charge in [-0.15, -0.1) is 0 Å². The van der Waals surface area contributed by atoms with Gasteiger partial charge in [-0.2, -0.15) is 5.10 Å². The Hall–Kier alpha value is -2.55. The second-order valence-corrected chi connectivity index (χ2v) is 7.82. The second kappa shape index (κ2) is 7.14. The first-order valence-electron chi connectivity index (χ1n) is 7.74. The summed E-state index contributed by atoms with van der Waals surface area (Å²) in [6.45, 7) is 7.47. The molecule has 25 heavy (non-hydrogen) atoms. The predicted octanol–water partition coefficient (Wildman–Crippen LogP) is 2.59. The minimum atomic E-state index is -3.38.